The minimum atomic E-state index is -0.353. The molecular weight excluding hydrogens is 329 g/mol. The second-order valence-corrected chi connectivity index (χ2v) is 6.98. The molecule has 0 bridgehead atoms. The van der Waals surface area contributed by atoms with Gasteiger partial charge in [0.1, 0.15) is 6.10 Å². The minimum Gasteiger partial charge on any atom is -0.487 e. The van der Waals surface area contributed by atoms with Crippen molar-refractivity contribution in [2.75, 3.05) is 18.8 Å². The fourth-order valence-electron chi connectivity index (χ4n) is 2.81. The average molecular weight is 349 g/mol. The lowest BCUT2D eigenvalue weighted by Crippen LogP contribution is -2.42. The Bertz CT molecular complexity index is 726. The van der Waals surface area contributed by atoms with Crippen LogP contribution in [0.4, 0.5) is 9.52 Å². The quantitative estimate of drug-likeness (QED) is 0.922. The number of para-hydroxylation sites is 1. The molecule has 1 amide bonds. The van der Waals surface area contributed by atoms with Crippen LogP contribution in [0.3, 0.4) is 0 Å². The molecular formula is C17H20FN3O2S. The summed E-state index contributed by atoms with van der Waals surface area (Å²) in [6.45, 7) is 3.10. The van der Waals surface area contributed by atoms with Gasteiger partial charge in [-0.05, 0) is 19.1 Å². The number of rotatable bonds is 4. The third kappa shape index (κ3) is 3.84. The molecule has 0 atom stereocenters. The van der Waals surface area contributed by atoms with Crippen molar-refractivity contribution in [1.82, 2.24) is 9.88 Å². The number of carbonyl (C=O) groups is 1. The molecule has 2 N–H and O–H groups in total. The van der Waals surface area contributed by atoms with Gasteiger partial charge >= 0.3 is 0 Å². The van der Waals surface area contributed by atoms with E-state index in [2.05, 4.69) is 4.98 Å². The van der Waals surface area contributed by atoms with Gasteiger partial charge in [0.2, 0.25) is 5.91 Å². The first kappa shape index (κ1) is 16.7. The number of ether oxygens (including phenoxy) is 1. The van der Waals surface area contributed by atoms with Crippen molar-refractivity contribution in [2.45, 2.75) is 32.3 Å². The Labute approximate surface area is 144 Å². The molecule has 0 aliphatic carbocycles. The van der Waals surface area contributed by atoms with Gasteiger partial charge in [-0.2, -0.15) is 0 Å². The molecule has 24 heavy (non-hydrogen) atoms. The Hall–Kier alpha value is -2.15. The highest BCUT2D eigenvalue weighted by atomic mass is 32.1. The van der Waals surface area contributed by atoms with Gasteiger partial charge in [-0.15, -0.1) is 11.3 Å². The number of aryl methyl sites for hydroxylation is 1. The van der Waals surface area contributed by atoms with Crippen molar-refractivity contribution in [3.63, 3.8) is 0 Å². The van der Waals surface area contributed by atoms with Crippen molar-refractivity contribution >= 4 is 22.4 Å². The van der Waals surface area contributed by atoms with Crippen molar-refractivity contribution in [2.24, 2.45) is 0 Å². The summed E-state index contributed by atoms with van der Waals surface area (Å²) in [5.74, 6) is -0.00149. The third-order valence-corrected chi connectivity index (χ3v) is 5.13. The predicted molar refractivity (Wildman–Crippen MR) is 91.6 cm³/mol. The number of anilines is 1. The molecule has 2 aromatic rings. The van der Waals surface area contributed by atoms with E-state index >= 15 is 0 Å². The van der Waals surface area contributed by atoms with E-state index in [0.29, 0.717) is 37.5 Å². The zero-order valence-electron chi connectivity index (χ0n) is 13.5. The molecule has 1 aliphatic heterocycles. The molecule has 0 unspecified atom stereocenters. The Balaban J connectivity index is 1.52. The molecule has 1 aromatic heterocycles. The molecule has 3 rings (SSSR count). The highest BCUT2D eigenvalue weighted by Gasteiger charge is 2.25. The maximum atomic E-state index is 13.6. The van der Waals surface area contributed by atoms with Crippen molar-refractivity contribution in [3.8, 4) is 5.75 Å². The number of hydrogen-bond acceptors (Lipinski definition) is 5. The van der Waals surface area contributed by atoms with Gasteiger partial charge in [0, 0.05) is 30.8 Å². The first-order valence-electron chi connectivity index (χ1n) is 7.93. The number of benzene rings is 1. The van der Waals surface area contributed by atoms with Crippen molar-refractivity contribution in [3.05, 3.63) is 40.7 Å². The lowest BCUT2D eigenvalue weighted by molar-refractivity contribution is -0.132. The number of carbonyl (C=O) groups excluding carboxylic acids is 1. The molecule has 128 valence electrons. The highest BCUT2D eigenvalue weighted by molar-refractivity contribution is 7.15. The summed E-state index contributed by atoms with van der Waals surface area (Å²) in [4.78, 5) is 19.3. The number of nitrogens with two attached hydrogens (primary N) is 1. The van der Waals surface area contributed by atoms with E-state index in [-0.39, 0.29) is 23.6 Å². The minimum absolute atomic E-state index is 0.0632. The van der Waals surface area contributed by atoms with Gasteiger partial charge in [0.25, 0.3) is 0 Å². The maximum Gasteiger partial charge on any atom is 0.227 e. The number of nitrogens with zero attached hydrogens (tertiary/aromatic N) is 2. The van der Waals surface area contributed by atoms with Crippen LogP contribution in [0, 0.1) is 12.7 Å². The third-order valence-electron chi connectivity index (χ3n) is 4.15. The van der Waals surface area contributed by atoms with Crippen LogP contribution in [0.25, 0.3) is 0 Å². The Morgan fingerprint density at radius 3 is 2.75 bits per heavy atom. The largest absolute Gasteiger partial charge is 0.487 e. The number of hydrogen-bond donors (Lipinski definition) is 1. The normalized spacial score (nSPS) is 15.5. The molecule has 1 aromatic carbocycles. The number of nitrogen functional groups attached to an aromatic ring is 1. The first-order chi connectivity index (χ1) is 11.5. The summed E-state index contributed by atoms with van der Waals surface area (Å²) >= 11 is 1.36. The lowest BCUT2D eigenvalue weighted by Gasteiger charge is -2.32. The molecule has 1 aliphatic rings. The number of amides is 1. The van der Waals surface area contributed by atoms with E-state index < -0.39 is 0 Å². The van der Waals surface area contributed by atoms with Crippen LogP contribution >= 0.6 is 11.3 Å². The van der Waals surface area contributed by atoms with E-state index in [0.717, 1.165) is 10.6 Å². The van der Waals surface area contributed by atoms with Gasteiger partial charge in [-0.1, -0.05) is 12.1 Å². The smallest absolute Gasteiger partial charge is 0.227 e. The van der Waals surface area contributed by atoms with Crippen LogP contribution in [-0.4, -0.2) is 35.0 Å². The van der Waals surface area contributed by atoms with E-state index in [1.807, 2.05) is 11.8 Å². The second kappa shape index (κ2) is 7.17. The monoisotopic (exact) mass is 349 g/mol. The Morgan fingerprint density at radius 2 is 2.12 bits per heavy atom. The van der Waals surface area contributed by atoms with Crippen LogP contribution in [-0.2, 0) is 11.2 Å². The molecule has 5 nitrogen and oxygen atoms in total. The Morgan fingerprint density at radius 1 is 1.42 bits per heavy atom. The SMILES string of the molecule is Cc1nc(N)sc1CC(=O)N1CCC(Oc2ccccc2F)CC1. The molecule has 0 radical (unpaired) electrons. The number of halogens is 1. The number of thiazole rings is 1. The van der Waals surface area contributed by atoms with Crippen LogP contribution in [0.5, 0.6) is 5.75 Å². The standard InChI is InChI=1S/C17H20FN3O2S/c1-11-15(24-17(19)20-11)10-16(22)21-8-6-12(7-9-21)23-14-5-3-2-4-13(14)18/h2-5,12H,6-10H2,1H3,(H2,19,20). The summed E-state index contributed by atoms with van der Waals surface area (Å²) in [7, 11) is 0. The van der Waals surface area contributed by atoms with E-state index in [1.54, 1.807) is 18.2 Å². The zero-order chi connectivity index (χ0) is 17.1. The molecule has 2 heterocycles. The summed E-state index contributed by atoms with van der Waals surface area (Å²) in [5.41, 5.74) is 6.50. The maximum absolute atomic E-state index is 13.6. The van der Waals surface area contributed by atoms with Gasteiger partial charge in [0.05, 0.1) is 12.1 Å². The fourth-order valence-corrected chi connectivity index (χ4v) is 3.63. The molecule has 7 heteroatoms. The van der Waals surface area contributed by atoms with E-state index in [4.69, 9.17) is 10.5 Å². The summed E-state index contributed by atoms with van der Waals surface area (Å²) < 4.78 is 19.3. The number of aromatic nitrogens is 1. The van der Waals surface area contributed by atoms with E-state index in [1.165, 1.54) is 17.4 Å². The van der Waals surface area contributed by atoms with Crippen LogP contribution in [0.2, 0.25) is 0 Å². The summed E-state index contributed by atoms with van der Waals surface area (Å²) in [6.07, 6.45) is 1.67. The topological polar surface area (TPSA) is 68.5 Å². The van der Waals surface area contributed by atoms with Gasteiger partial charge in [-0.25, -0.2) is 9.37 Å². The fraction of sp³-hybridized carbons (Fsp3) is 0.412. The van der Waals surface area contributed by atoms with Crippen molar-refractivity contribution < 1.29 is 13.9 Å². The summed E-state index contributed by atoms with van der Waals surface area (Å²) in [6, 6.07) is 6.40. The lowest BCUT2D eigenvalue weighted by atomic mass is 10.1. The van der Waals surface area contributed by atoms with Crippen LogP contribution in [0.1, 0.15) is 23.4 Å². The number of likely N-dealkylation sites (tertiary alicyclic amines) is 1. The summed E-state index contributed by atoms with van der Waals surface area (Å²) in [5, 5.41) is 0.493. The highest BCUT2D eigenvalue weighted by Crippen LogP contribution is 2.24. The second-order valence-electron chi connectivity index (χ2n) is 5.87. The molecule has 1 fully saturated rings. The number of piperidine rings is 1. The average Bonchev–Trinajstić information content (AvgIpc) is 2.88. The molecule has 0 saturated carbocycles. The van der Waals surface area contributed by atoms with Gasteiger partial charge < -0.3 is 15.4 Å². The van der Waals surface area contributed by atoms with Crippen molar-refractivity contribution in [1.29, 1.82) is 0 Å². The zero-order valence-corrected chi connectivity index (χ0v) is 14.3. The Kier molecular flexibility index (Phi) is 4.99. The molecule has 0 spiro atoms. The molecule has 1 saturated heterocycles. The van der Waals surface area contributed by atoms with E-state index in [9.17, 15) is 9.18 Å². The predicted octanol–water partition coefficient (Wildman–Crippen LogP) is 2.79. The van der Waals surface area contributed by atoms with Gasteiger partial charge in [0.15, 0.2) is 16.7 Å². The van der Waals surface area contributed by atoms with Crippen LogP contribution < -0.4 is 10.5 Å². The first-order valence-corrected chi connectivity index (χ1v) is 8.75. The van der Waals surface area contributed by atoms with Crippen LogP contribution in [0.15, 0.2) is 24.3 Å². The van der Waals surface area contributed by atoms with Gasteiger partial charge in [-0.3, -0.25) is 4.79 Å².